The van der Waals surface area contributed by atoms with Gasteiger partial charge in [0.25, 0.3) is 0 Å². The number of imidazole rings is 1. The van der Waals surface area contributed by atoms with E-state index in [1.807, 2.05) is 0 Å². The third kappa shape index (κ3) is 1.83. The van der Waals surface area contributed by atoms with Crippen molar-refractivity contribution in [2.24, 2.45) is 5.92 Å². The van der Waals surface area contributed by atoms with Gasteiger partial charge in [-0.05, 0) is 12.8 Å². The molecule has 2 rings (SSSR count). The van der Waals surface area contributed by atoms with Gasteiger partial charge in [-0.2, -0.15) is 0 Å². The van der Waals surface area contributed by atoms with Crippen LogP contribution >= 0.6 is 12.4 Å². The molecule has 4 nitrogen and oxygen atoms in total. The summed E-state index contributed by atoms with van der Waals surface area (Å²) in [6.07, 6.45) is 3.75. The average Bonchev–Trinajstić information content (AvgIpc) is 2.49. The standard InChI is InChI=1S/C8H10N2O2.ClH/c11-8(12)5-1-2-6-7(3-5)10-4-9-6;/h4-5H,1-3H2,(H,9,10)(H,11,12);1H. The zero-order valence-electron chi connectivity index (χ0n) is 6.99. The van der Waals surface area contributed by atoms with Crippen LogP contribution in [0.2, 0.25) is 0 Å². The van der Waals surface area contributed by atoms with Crippen LogP contribution < -0.4 is 0 Å². The Balaban J connectivity index is 0.000000845. The van der Waals surface area contributed by atoms with Crippen LogP contribution in [-0.2, 0) is 17.6 Å². The third-order valence-electron chi connectivity index (χ3n) is 2.34. The lowest BCUT2D eigenvalue weighted by molar-refractivity contribution is -0.142. The predicted molar refractivity (Wildman–Crippen MR) is 49.0 cm³/mol. The first-order chi connectivity index (χ1) is 5.77. The average molecular weight is 203 g/mol. The number of halogens is 1. The first kappa shape index (κ1) is 10.1. The van der Waals surface area contributed by atoms with E-state index in [0.29, 0.717) is 6.42 Å². The number of fused-ring (bicyclic) bond motifs is 1. The molecule has 1 aromatic heterocycles. The molecule has 0 amide bonds. The Kier molecular flexibility index (Phi) is 2.93. The van der Waals surface area contributed by atoms with E-state index >= 15 is 0 Å². The van der Waals surface area contributed by atoms with Crippen molar-refractivity contribution in [3.63, 3.8) is 0 Å². The number of H-pyrrole nitrogens is 1. The summed E-state index contributed by atoms with van der Waals surface area (Å²) in [6, 6.07) is 0. The van der Waals surface area contributed by atoms with Gasteiger partial charge in [-0.25, -0.2) is 4.98 Å². The molecule has 0 saturated carbocycles. The van der Waals surface area contributed by atoms with E-state index in [4.69, 9.17) is 5.11 Å². The first-order valence-corrected chi connectivity index (χ1v) is 4.01. The summed E-state index contributed by atoms with van der Waals surface area (Å²) in [5, 5.41) is 8.76. The summed E-state index contributed by atoms with van der Waals surface area (Å²) < 4.78 is 0. The zero-order chi connectivity index (χ0) is 8.55. The second-order valence-corrected chi connectivity index (χ2v) is 3.11. The summed E-state index contributed by atoms with van der Waals surface area (Å²) in [4.78, 5) is 17.7. The van der Waals surface area contributed by atoms with Gasteiger partial charge in [0.05, 0.1) is 17.9 Å². The topological polar surface area (TPSA) is 66.0 Å². The van der Waals surface area contributed by atoms with Gasteiger partial charge in [-0.1, -0.05) is 0 Å². The van der Waals surface area contributed by atoms with Gasteiger partial charge in [0.15, 0.2) is 0 Å². The van der Waals surface area contributed by atoms with Gasteiger partial charge in [-0.3, -0.25) is 4.79 Å². The Bertz CT molecular complexity index is 311. The van der Waals surface area contributed by atoms with Crippen LogP contribution in [0.5, 0.6) is 0 Å². The van der Waals surface area contributed by atoms with Gasteiger partial charge < -0.3 is 10.1 Å². The lowest BCUT2D eigenvalue weighted by Gasteiger charge is -2.16. The number of hydrogen-bond donors (Lipinski definition) is 2. The molecule has 0 aliphatic heterocycles. The highest BCUT2D eigenvalue weighted by molar-refractivity contribution is 5.85. The van der Waals surface area contributed by atoms with Crippen molar-refractivity contribution < 1.29 is 9.90 Å². The van der Waals surface area contributed by atoms with Gasteiger partial charge >= 0.3 is 5.97 Å². The number of aromatic amines is 1. The van der Waals surface area contributed by atoms with E-state index in [9.17, 15) is 4.79 Å². The summed E-state index contributed by atoms with van der Waals surface area (Å²) >= 11 is 0. The fourth-order valence-electron chi connectivity index (χ4n) is 1.61. The Morgan fingerprint density at radius 3 is 3.15 bits per heavy atom. The van der Waals surface area contributed by atoms with E-state index in [-0.39, 0.29) is 18.3 Å². The number of aromatic nitrogens is 2. The lowest BCUT2D eigenvalue weighted by atomic mass is 9.90. The molecule has 5 heteroatoms. The normalized spacial score (nSPS) is 20.2. The molecule has 0 radical (unpaired) electrons. The quantitative estimate of drug-likeness (QED) is 0.715. The SMILES string of the molecule is Cl.O=C(O)C1CCc2[nH]cnc2C1. The molecule has 1 unspecified atom stereocenters. The van der Waals surface area contributed by atoms with Crippen LogP contribution in [0.4, 0.5) is 0 Å². The molecule has 0 spiro atoms. The predicted octanol–water partition coefficient (Wildman–Crippen LogP) is 1.02. The molecule has 1 aliphatic carbocycles. The van der Waals surface area contributed by atoms with Crippen molar-refractivity contribution in [3.05, 3.63) is 17.7 Å². The zero-order valence-corrected chi connectivity index (χ0v) is 7.80. The van der Waals surface area contributed by atoms with Crippen molar-refractivity contribution in [3.8, 4) is 0 Å². The number of carbonyl (C=O) groups is 1. The summed E-state index contributed by atoms with van der Waals surface area (Å²) in [5.74, 6) is -0.940. The van der Waals surface area contributed by atoms with Crippen molar-refractivity contribution >= 4 is 18.4 Å². The molecule has 1 heterocycles. The Morgan fingerprint density at radius 1 is 1.69 bits per heavy atom. The van der Waals surface area contributed by atoms with Crippen LogP contribution in [-0.4, -0.2) is 21.0 Å². The Hall–Kier alpha value is -1.03. The summed E-state index contributed by atoms with van der Waals surface area (Å²) in [5.41, 5.74) is 2.03. The molecule has 13 heavy (non-hydrogen) atoms. The lowest BCUT2D eigenvalue weighted by Crippen LogP contribution is -2.22. The Labute approximate surface area is 81.8 Å². The number of carboxylic acid groups (broad SMARTS) is 1. The molecular weight excluding hydrogens is 192 g/mol. The maximum absolute atomic E-state index is 10.6. The van der Waals surface area contributed by atoms with Crippen molar-refractivity contribution in [1.82, 2.24) is 9.97 Å². The highest BCUT2D eigenvalue weighted by Crippen LogP contribution is 2.22. The van der Waals surface area contributed by atoms with Gasteiger partial charge in [0.1, 0.15) is 0 Å². The highest BCUT2D eigenvalue weighted by atomic mass is 35.5. The number of carboxylic acids is 1. The highest BCUT2D eigenvalue weighted by Gasteiger charge is 2.25. The molecule has 0 saturated heterocycles. The second kappa shape index (κ2) is 3.79. The molecule has 1 atom stereocenters. The summed E-state index contributed by atoms with van der Waals surface area (Å²) in [7, 11) is 0. The molecular formula is C8H11ClN2O2. The van der Waals surface area contributed by atoms with Gasteiger partial charge in [0, 0.05) is 12.1 Å². The fraction of sp³-hybridized carbons (Fsp3) is 0.500. The monoisotopic (exact) mass is 202 g/mol. The number of nitrogens with one attached hydrogen (secondary N) is 1. The van der Waals surface area contributed by atoms with Crippen LogP contribution in [0.15, 0.2) is 6.33 Å². The van der Waals surface area contributed by atoms with E-state index in [2.05, 4.69) is 9.97 Å². The largest absolute Gasteiger partial charge is 0.481 e. The molecule has 1 aromatic rings. The second-order valence-electron chi connectivity index (χ2n) is 3.11. The fourth-order valence-corrected chi connectivity index (χ4v) is 1.61. The van der Waals surface area contributed by atoms with Crippen LogP contribution in [0.3, 0.4) is 0 Å². The molecule has 0 bridgehead atoms. The molecule has 72 valence electrons. The minimum absolute atomic E-state index is 0. The van der Waals surface area contributed by atoms with Crippen molar-refractivity contribution in [2.75, 3.05) is 0 Å². The summed E-state index contributed by atoms with van der Waals surface area (Å²) in [6.45, 7) is 0. The third-order valence-corrected chi connectivity index (χ3v) is 2.34. The number of hydrogen-bond acceptors (Lipinski definition) is 2. The maximum atomic E-state index is 10.6. The molecule has 0 fully saturated rings. The Morgan fingerprint density at radius 2 is 2.46 bits per heavy atom. The van der Waals surface area contributed by atoms with E-state index < -0.39 is 5.97 Å². The van der Waals surface area contributed by atoms with Gasteiger partial charge in [0.2, 0.25) is 0 Å². The molecule has 1 aliphatic rings. The van der Waals surface area contributed by atoms with Crippen LogP contribution in [0, 0.1) is 5.92 Å². The first-order valence-electron chi connectivity index (χ1n) is 4.01. The minimum atomic E-state index is -0.705. The minimum Gasteiger partial charge on any atom is -0.481 e. The molecule has 2 N–H and O–H groups in total. The van der Waals surface area contributed by atoms with E-state index in [1.165, 1.54) is 0 Å². The van der Waals surface area contributed by atoms with Crippen LogP contribution in [0.25, 0.3) is 0 Å². The van der Waals surface area contributed by atoms with Crippen LogP contribution in [0.1, 0.15) is 17.8 Å². The number of rotatable bonds is 1. The van der Waals surface area contributed by atoms with Gasteiger partial charge in [-0.15, -0.1) is 12.4 Å². The van der Waals surface area contributed by atoms with E-state index in [1.54, 1.807) is 6.33 Å². The van der Waals surface area contributed by atoms with Crippen molar-refractivity contribution in [1.29, 1.82) is 0 Å². The number of aliphatic carboxylic acids is 1. The maximum Gasteiger partial charge on any atom is 0.306 e. The van der Waals surface area contributed by atoms with E-state index in [0.717, 1.165) is 24.2 Å². The number of aryl methyl sites for hydroxylation is 1. The molecule has 0 aromatic carbocycles. The number of nitrogens with zero attached hydrogens (tertiary/aromatic N) is 1. The smallest absolute Gasteiger partial charge is 0.306 e. The van der Waals surface area contributed by atoms with Crippen molar-refractivity contribution in [2.45, 2.75) is 19.3 Å².